The van der Waals surface area contributed by atoms with E-state index in [1.165, 1.54) is 32.4 Å². The molecule has 11 heteroatoms. The van der Waals surface area contributed by atoms with Crippen molar-refractivity contribution in [3.8, 4) is 28.9 Å². The Morgan fingerprint density at radius 1 is 0.857 bits per heavy atom. The molecule has 0 radical (unpaired) electrons. The zero-order valence-electron chi connectivity index (χ0n) is 19.9. The Morgan fingerprint density at radius 2 is 1.57 bits per heavy atom. The number of hydrogen-bond donors (Lipinski definition) is 1. The van der Waals surface area contributed by atoms with Crippen LogP contribution in [0.2, 0.25) is 0 Å². The first kappa shape index (κ1) is 24.0. The van der Waals surface area contributed by atoms with Gasteiger partial charge in [0.1, 0.15) is 5.75 Å². The summed E-state index contributed by atoms with van der Waals surface area (Å²) in [6.45, 7) is 5.93. The van der Waals surface area contributed by atoms with Crippen molar-refractivity contribution in [2.45, 2.75) is 25.7 Å². The lowest BCUT2D eigenvalue weighted by molar-refractivity contribution is 0.354. The molecular weight excluding hydrogens is 470 g/mol. The molecule has 2 heterocycles. The van der Waals surface area contributed by atoms with Gasteiger partial charge in [-0.2, -0.15) is 5.10 Å². The van der Waals surface area contributed by atoms with E-state index in [2.05, 4.69) is 20.0 Å². The van der Waals surface area contributed by atoms with Gasteiger partial charge < -0.3 is 14.2 Å². The maximum Gasteiger partial charge on any atom is 0.262 e. The number of aryl methyl sites for hydroxylation is 1. The predicted octanol–water partition coefficient (Wildman–Crippen LogP) is 4.20. The second-order valence-corrected chi connectivity index (χ2v) is 9.37. The molecule has 0 saturated carbocycles. The van der Waals surface area contributed by atoms with Crippen molar-refractivity contribution in [1.29, 1.82) is 0 Å². The highest BCUT2D eigenvalue weighted by Crippen LogP contribution is 2.30. The number of nitrogens with zero attached hydrogens (tertiary/aromatic N) is 4. The molecule has 0 saturated heterocycles. The van der Waals surface area contributed by atoms with Crippen LogP contribution in [0.4, 0.5) is 5.69 Å². The number of ether oxygens (including phenoxy) is 3. The first-order valence-electron chi connectivity index (χ1n) is 10.6. The normalized spacial score (nSPS) is 11.2. The van der Waals surface area contributed by atoms with E-state index >= 15 is 0 Å². The van der Waals surface area contributed by atoms with Gasteiger partial charge in [0.2, 0.25) is 5.88 Å². The van der Waals surface area contributed by atoms with E-state index in [1.54, 1.807) is 41.1 Å². The topological polar surface area (TPSA) is 117 Å². The summed E-state index contributed by atoms with van der Waals surface area (Å²) in [6.07, 6.45) is 0. The van der Waals surface area contributed by atoms with Gasteiger partial charge in [-0.15, -0.1) is 10.2 Å². The van der Waals surface area contributed by atoms with Crippen molar-refractivity contribution in [2.24, 2.45) is 0 Å². The minimum Gasteiger partial charge on any atom is -0.493 e. The Labute approximate surface area is 203 Å². The van der Waals surface area contributed by atoms with E-state index in [0.29, 0.717) is 34.6 Å². The summed E-state index contributed by atoms with van der Waals surface area (Å²) < 4.78 is 45.9. The zero-order valence-corrected chi connectivity index (χ0v) is 20.8. The number of hydrogen-bond acceptors (Lipinski definition) is 8. The summed E-state index contributed by atoms with van der Waals surface area (Å²) >= 11 is 0. The monoisotopic (exact) mass is 495 g/mol. The van der Waals surface area contributed by atoms with Crippen LogP contribution in [-0.4, -0.2) is 42.6 Å². The van der Waals surface area contributed by atoms with Gasteiger partial charge in [0, 0.05) is 23.5 Å². The molecule has 2 aromatic heterocycles. The molecule has 0 bridgehead atoms. The van der Waals surface area contributed by atoms with E-state index in [0.717, 1.165) is 17.0 Å². The lowest BCUT2D eigenvalue weighted by Crippen LogP contribution is -2.13. The average Bonchev–Trinajstić information content (AvgIpc) is 3.12. The van der Waals surface area contributed by atoms with Crippen molar-refractivity contribution in [1.82, 2.24) is 20.0 Å². The highest BCUT2D eigenvalue weighted by atomic mass is 32.2. The molecule has 2 aromatic carbocycles. The SMILES string of the molecule is COc1ccc(S(=O)(=O)Nc2ccc(Oc3ccc(-n4nc(C)c(C)c4C)nn3)cc2)cc1OC. The van der Waals surface area contributed by atoms with Crippen LogP contribution < -0.4 is 18.9 Å². The van der Waals surface area contributed by atoms with E-state index in [1.807, 2.05) is 20.8 Å². The van der Waals surface area contributed by atoms with Gasteiger partial charge in [0.15, 0.2) is 17.3 Å². The highest BCUT2D eigenvalue weighted by Gasteiger charge is 2.17. The second-order valence-electron chi connectivity index (χ2n) is 7.69. The van der Waals surface area contributed by atoms with Crippen molar-refractivity contribution in [3.63, 3.8) is 0 Å². The lowest BCUT2D eigenvalue weighted by Gasteiger charge is -2.12. The van der Waals surface area contributed by atoms with Gasteiger partial charge in [0.25, 0.3) is 10.0 Å². The third kappa shape index (κ3) is 5.04. The van der Waals surface area contributed by atoms with Crippen molar-refractivity contribution in [2.75, 3.05) is 18.9 Å². The van der Waals surface area contributed by atoms with Gasteiger partial charge in [-0.05, 0) is 68.8 Å². The molecular formula is C24H25N5O5S. The Kier molecular flexibility index (Phi) is 6.61. The van der Waals surface area contributed by atoms with Gasteiger partial charge in [-0.1, -0.05) is 0 Å². The first-order chi connectivity index (χ1) is 16.7. The minimum atomic E-state index is -3.84. The molecule has 4 rings (SSSR count). The van der Waals surface area contributed by atoms with Gasteiger partial charge in [0.05, 0.1) is 24.8 Å². The average molecular weight is 496 g/mol. The number of sulfonamides is 1. The number of benzene rings is 2. The first-order valence-corrected chi connectivity index (χ1v) is 12.1. The molecule has 4 aromatic rings. The quantitative estimate of drug-likeness (QED) is 0.387. The van der Waals surface area contributed by atoms with Crippen molar-refractivity contribution < 1.29 is 22.6 Å². The molecule has 0 unspecified atom stereocenters. The number of methoxy groups -OCH3 is 2. The summed E-state index contributed by atoms with van der Waals surface area (Å²) in [7, 11) is -0.911. The van der Waals surface area contributed by atoms with Crippen LogP contribution in [0.3, 0.4) is 0 Å². The van der Waals surface area contributed by atoms with Crippen molar-refractivity contribution >= 4 is 15.7 Å². The fraction of sp³-hybridized carbons (Fsp3) is 0.208. The van der Waals surface area contributed by atoms with Crippen LogP contribution in [0.25, 0.3) is 5.82 Å². The van der Waals surface area contributed by atoms with Crippen LogP contribution >= 0.6 is 0 Å². The standard InChI is InChI=1S/C24H25N5O5S/c1-15-16(2)27-29(17(15)3)23-12-13-24(26-25-23)34-19-8-6-18(7-9-19)28-35(30,31)20-10-11-21(32-4)22(14-20)33-5/h6-14,28H,1-5H3. The molecule has 0 atom stereocenters. The molecule has 1 N–H and O–H groups in total. The zero-order chi connectivity index (χ0) is 25.2. The highest BCUT2D eigenvalue weighted by molar-refractivity contribution is 7.92. The summed E-state index contributed by atoms with van der Waals surface area (Å²) in [5.41, 5.74) is 3.41. The fourth-order valence-corrected chi connectivity index (χ4v) is 4.41. The molecule has 0 aliphatic heterocycles. The van der Waals surface area contributed by atoms with E-state index in [4.69, 9.17) is 14.2 Å². The third-order valence-electron chi connectivity index (χ3n) is 5.49. The number of rotatable bonds is 8. The van der Waals surface area contributed by atoms with Gasteiger partial charge in [-0.25, -0.2) is 13.1 Å². The number of aromatic nitrogens is 4. The minimum absolute atomic E-state index is 0.0450. The molecule has 35 heavy (non-hydrogen) atoms. The third-order valence-corrected chi connectivity index (χ3v) is 6.87. The molecule has 0 aliphatic rings. The van der Waals surface area contributed by atoms with Crippen LogP contribution in [0.1, 0.15) is 17.0 Å². The largest absolute Gasteiger partial charge is 0.493 e. The number of nitrogens with one attached hydrogen (secondary N) is 1. The predicted molar refractivity (Wildman–Crippen MR) is 130 cm³/mol. The smallest absolute Gasteiger partial charge is 0.262 e. The van der Waals surface area contributed by atoms with E-state index in [9.17, 15) is 8.42 Å². The lowest BCUT2D eigenvalue weighted by atomic mass is 10.2. The maximum absolute atomic E-state index is 12.8. The molecule has 0 spiro atoms. The van der Waals surface area contributed by atoms with Gasteiger partial charge in [-0.3, -0.25) is 4.72 Å². The van der Waals surface area contributed by atoms with E-state index in [-0.39, 0.29) is 4.90 Å². The summed E-state index contributed by atoms with van der Waals surface area (Å²) in [6, 6.07) is 14.3. The number of anilines is 1. The van der Waals surface area contributed by atoms with E-state index < -0.39 is 10.0 Å². The fourth-order valence-electron chi connectivity index (χ4n) is 3.33. The van der Waals surface area contributed by atoms with Crippen LogP contribution in [-0.2, 0) is 10.0 Å². The molecule has 0 aliphatic carbocycles. The Hall–Kier alpha value is -4.12. The molecule has 0 fully saturated rings. The van der Waals surface area contributed by atoms with Crippen LogP contribution in [0.5, 0.6) is 23.1 Å². The second kappa shape index (κ2) is 9.63. The summed E-state index contributed by atoms with van der Waals surface area (Å²) in [5.74, 6) is 2.12. The summed E-state index contributed by atoms with van der Waals surface area (Å²) in [4.78, 5) is 0.0450. The summed E-state index contributed by atoms with van der Waals surface area (Å²) in [5, 5.41) is 12.8. The molecule has 0 amide bonds. The van der Waals surface area contributed by atoms with Crippen LogP contribution in [0.15, 0.2) is 59.5 Å². The Bertz CT molecular complexity index is 1450. The van der Waals surface area contributed by atoms with Crippen LogP contribution in [0, 0.1) is 20.8 Å². The molecule has 10 nitrogen and oxygen atoms in total. The van der Waals surface area contributed by atoms with Gasteiger partial charge >= 0.3 is 0 Å². The Balaban J connectivity index is 1.45. The molecule has 182 valence electrons. The van der Waals surface area contributed by atoms with Crippen molar-refractivity contribution in [3.05, 3.63) is 71.5 Å². The Morgan fingerprint density at radius 3 is 2.14 bits per heavy atom. The maximum atomic E-state index is 12.8.